The minimum absolute atomic E-state index is 0.0277. The van der Waals surface area contributed by atoms with Gasteiger partial charge in [0.2, 0.25) is 11.8 Å². The molecule has 2 aliphatic rings. The Morgan fingerprint density at radius 3 is 2.84 bits per heavy atom. The van der Waals surface area contributed by atoms with E-state index >= 15 is 0 Å². The predicted octanol–water partition coefficient (Wildman–Crippen LogP) is 1.42. The van der Waals surface area contributed by atoms with Crippen molar-refractivity contribution in [1.29, 1.82) is 0 Å². The number of amides is 2. The molecule has 0 spiro atoms. The molecule has 1 aliphatic carbocycles. The first-order chi connectivity index (χ1) is 9.16. The summed E-state index contributed by atoms with van der Waals surface area (Å²) >= 11 is 1.66. The first-order valence-corrected chi connectivity index (χ1v) is 7.73. The molecule has 1 aliphatic heterocycles. The largest absolute Gasteiger partial charge is 0.343 e. The van der Waals surface area contributed by atoms with Crippen LogP contribution in [0.5, 0.6) is 0 Å². The van der Waals surface area contributed by atoms with Crippen LogP contribution in [0.25, 0.3) is 0 Å². The van der Waals surface area contributed by atoms with E-state index in [1.807, 2.05) is 5.38 Å². The third-order valence-corrected chi connectivity index (χ3v) is 4.64. The lowest BCUT2D eigenvalue weighted by atomic mass is 10.0. The van der Waals surface area contributed by atoms with Crippen LogP contribution in [0.15, 0.2) is 16.8 Å². The van der Waals surface area contributed by atoms with Gasteiger partial charge in [-0.3, -0.25) is 9.59 Å². The lowest BCUT2D eigenvalue weighted by Crippen LogP contribution is -2.63. The Bertz CT molecular complexity index is 482. The second-order valence-electron chi connectivity index (χ2n) is 5.43. The lowest BCUT2D eigenvalue weighted by Gasteiger charge is -2.38. The molecule has 0 radical (unpaired) electrons. The standard InChI is InChI=1S/C14H18N2O2S/c1-9-14(18)16(6-4-10-5-7-19-8-10)12(11-2-3-11)13(17)15-9/h5,7-9,11-12H,2-4,6H2,1H3,(H,15,17). The number of carbonyl (C=O) groups excluding carboxylic acids is 2. The number of hydrogen-bond donors (Lipinski definition) is 1. The average Bonchev–Trinajstić information content (AvgIpc) is 3.07. The SMILES string of the molecule is CC1NC(=O)C(C2CC2)N(CCc2ccsc2)C1=O. The maximum Gasteiger partial charge on any atom is 0.245 e. The van der Waals surface area contributed by atoms with Gasteiger partial charge in [0.1, 0.15) is 12.1 Å². The van der Waals surface area contributed by atoms with Crippen LogP contribution in [0, 0.1) is 5.92 Å². The molecule has 1 saturated heterocycles. The molecule has 19 heavy (non-hydrogen) atoms. The number of carbonyl (C=O) groups is 2. The normalized spacial score (nSPS) is 27.5. The summed E-state index contributed by atoms with van der Waals surface area (Å²) in [5.41, 5.74) is 1.24. The van der Waals surface area contributed by atoms with Crippen LogP contribution in [-0.4, -0.2) is 35.3 Å². The maximum atomic E-state index is 12.3. The summed E-state index contributed by atoms with van der Waals surface area (Å²) in [7, 11) is 0. The zero-order chi connectivity index (χ0) is 13.4. The maximum absolute atomic E-state index is 12.3. The van der Waals surface area contributed by atoms with E-state index in [1.165, 1.54) is 5.56 Å². The van der Waals surface area contributed by atoms with Gasteiger partial charge in [-0.15, -0.1) is 0 Å². The fraction of sp³-hybridized carbons (Fsp3) is 0.571. The van der Waals surface area contributed by atoms with Crippen molar-refractivity contribution in [2.45, 2.75) is 38.3 Å². The number of rotatable bonds is 4. The van der Waals surface area contributed by atoms with Gasteiger partial charge in [-0.2, -0.15) is 11.3 Å². The molecule has 2 fully saturated rings. The van der Waals surface area contributed by atoms with Gasteiger partial charge < -0.3 is 10.2 Å². The molecular formula is C14H18N2O2S. The fourth-order valence-electron chi connectivity index (χ4n) is 2.70. The molecule has 2 heterocycles. The molecule has 1 aromatic heterocycles. The van der Waals surface area contributed by atoms with Crippen LogP contribution in [-0.2, 0) is 16.0 Å². The van der Waals surface area contributed by atoms with E-state index in [0.717, 1.165) is 19.3 Å². The van der Waals surface area contributed by atoms with E-state index in [4.69, 9.17) is 0 Å². The highest BCUT2D eigenvalue weighted by Gasteiger charge is 2.46. The zero-order valence-electron chi connectivity index (χ0n) is 11.0. The number of hydrogen-bond acceptors (Lipinski definition) is 3. The second-order valence-corrected chi connectivity index (χ2v) is 6.21. The highest BCUT2D eigenvalue weighted by atomic mass is 32.1. The third-order valence-electron chi connectivity index (χ3n) is 3.91. The van der Waals surface area contributed by atoms with Crippen LogP contribution < -0.4 is 5.32 Å². The molecule has 2 amide bonds. The molecule has 0 bridgehead atoms. The monoisotopic (exact) mass is 278 g/mol. The molecule has 4 nitrogen and oxygen atoms in total. The van der Waals surface area contributed by atoms with Gasteiger partial charge in [0.15, 0.2) is 0 Å². The summed E-state index contributed by atoms with van der Waals surface area (Å²) in [5, 5.41) is 6.94. The van der Waals surface area contributed by atoms with Gasteiger partial charge >= 0.3 is 0 Å². The molecule has 5 heteroatoms. The first-order valence-electron chi connectivity index (χ1n) is 6.79. The van der Waals surface area contributed by atoms with Gasteiger partial charge in [0.05, 0.1) is 0 Å². The smallest absolute Gasteiger partial charge is 0.245 e. The van der Waals surface area contributed by atoms with Crippen molar-refractivity contribution < 1.29 is 9.59 Å². The number of nitrogens with one attached hydrogen (secondary N) is 1. The van der Waals surface area contributed by atoms with Crippen molar-refractivity contribution in [3.63, 3.8) is 0 Å². The van der Waals surface area contributed by atoms with Crippen LogP contribution in [0.1, 0.15) is 25.3 Å². The van der Waals surface area contributed by atoms with Gasteiger partial charge in [0, 0.05) is 6.54 Å². The van der Waals surface area contributed by atoms with Crippen LogP contribution in [0.2, 0.25) is 0 Å². The highest BCUT2D eigenvalue weighted by molar-refractivity contribution is 7.07. The van der Waals surface area contributed by atoms with Gasteiger partial charge in [-0.1, -0.05) is 0 Å². The minimum Gasteiger partial charge on any atom is -0.343 e. The van der Waals surface area contributed by atoms with E-state index in [9.17, 15) is 9.59 Å². The van der Waals surface area contributed by atoms with Crippen molar-refractivity contribution in [1.82, 2.24) is 10.2 Å². The Morgan fingerprint density at radius 1 is 1.42 bits per heavy atom. The Labute approximate surface area is 116 Å². The van der Waals surface area contributed by atoms with E-state index in [0.29, 0.717) is 12.5 Å². The average molecular weight is 278 g/mol. The summed E-state index contributed by atoms with van der Waals surface area (Å²) in [5.74, 6) is 0.463. The van der Waals surface area contributed by atoms with Gasteiger partial charge in [-0.25, -0.2) is 0 Å². The summed E-state index contributed by atoms with van der Waals surface area (Å²) in [6.45, 7) is 2.41. The zero-order valence-corrected chi connectivity index (χ0v) is 11.8. The number of nitrogens with zero attached hydrogens (tertiary/aromatic N) is 1. The van der Waals surface area contributed by atoms with Gasteiger partial charge in [-0.05, 0) is 54.5 Å². The Morgan fingerprint density at radius 2 is 2.21 bits per heavy atom. The van der Waals surface area contributed by atoms with Crippen molar-refractivity contribution in [2.24, 2.45) is 5.92 Å². The van der Waals surface area contributed by atoms with Crippen molar-refractivity contribution in [3.8, 4) is 0 Å². The Balaban J connectivity index is 1.73. The van der Waals surface area contributed by atoms with E-state index in [1.54, 1.807) is 23.2 Å². The lowest BCUT2D eigenvalue weighted by molar-refractivity contribution is -0.149. The molecule has 2 atom stereocenters. The highest BCUT2D eigenvalue weighted by Crippen LogP contribution is 2.37. The topological polar surface area (TPSA) is 49.4 Å². The van der Waals surface area contributed by atoms with Crippen LogP contribution in [0.3, 0.4) is 0 Å². The van der Waals surface area contributed by atoms with E-state index < -0.39 is 0 Å². The van der Waals surface area contributed by atoms with Gasteiger partial charge in [0.25, 0.3) is 0 Å². The van der Waals surface area contributed by atoms with Crippen molar-refractivity contribution in [2.75, 3.05) is 6.54 Å². The molecule has 102 valence electrons. The van der Waals surface area contributed by atoms with Crippen molar-refractivity contribution in [3.05, 3.63) is 22.4 Å². The molecule has 1 aromatic rings. The third kappa shape index (κ3) is 2.52. The van der Waals surface area contributed by atoms with E-state index in [2.05, 4.69) is 16.8 Å². The van der Waals surface area contributed by atoms with Crippen molar-refractivity contribution >= 4 is 23.2 Å². The quantitative estimate of drug-likeness (QED) is 0.905. The number of piperazine rings is 1. The molecule has 0 aromatic carbocycles. The summed E-state index contributed by atoms with van der Waals surface area (Å²) in [6.07, 6.45) is 2.96. The molecule has 1 N–H and O–H groups in total. The van der Waals surface area contributed by atoms with E-state index in [-0.39, 0.29) is 23.9 Å². The number of thiophene rings is 1. The summed E-state index contributed by atoms with van der Waals surface area (Å²) in [4.78, 5) is 26.2. The molecule has 2 unspecified atom stereocenters. The fourth-order valence-corrected chi connectivity index (χ4v) is 3.41. The summed E-state index contributed by atoms with van der Waals surface area (Å²) < 4.78 is 0. The molecule has 1 saturated carbocycles. The van der Waals surface area contributed by atoms with Crippen LogP contribution in [0.4, 0.5) is 0 Å². The Kier molecular flexibility index (Phi) is 3.31. The predicted molar refractivity (Wildman–Crippen MR) is 73.9 cm³/mol. The minimum atomic E-state index is -0.384. The van der Waals surface area contributed by atoms with Crippen LogP contribution >= 0.6 is 11.3 Å². The molecule has 3 rings (SSSR count). The first kappa shape index (κ1) is 12.7. The molecular weight excluding hydrogens is 260 g/mol. The second kappa shape index (κ2) is 4.96. The summed E-state index contributed by atoms with van der Waals surface area (Å²) in [6, 6.07) is 1.46. The Hall–Kier alpha value is -1.36.